The highest BCUT2D eigenvalue weighted by Crippen LogP contribution is 2.16. The highest BCUT2D eigenvalue weighted by Gasteiger charge is 2.19. The second-order valence-electron chi connectivity index (χ2n) is 7.08. The molecule has 0 saturated carbocycles. The Hall–Kier alpha value is -2.04. The minimum atomic E-state index is 0.112. The van der Waals surface area contributed by atoms with E-state index in [1.54, 1.807) is 0 Å². The summed E-state index contributed by atoms with van der Waals surface area (Å²) in [5.41, 5.74) is 1.61. The molecule has 2 heterocycles. The fraction of sp³-hybridized carbons (Fsp3) is 0.600. The Morgan fingerprint density at radius 1 is 0.760 bits per heavy atom. The van der Waals surface area contributed by atoms with Gasteiger partial charge in [-0.1, -0.05) is 19.3 Å². The summed E-state index contributed by atoms with van der Waals surface area (Å²) in [6.07, 6.45) is 8.17. The quantitative estimate of drug-likeness (QED) is 0.914. The summed E-state index contributed by atoms with van der Waals surface area (Å²) in [6, 6.07) is 7.49. The lowest BCUT2D eigenvalue weighted by Crippen LogP contribution is -2.37. The summed E-state index contributed by atoms with van der Waals surface area (Å²) >= 11 is 0. The van der Waals surface area contributed by atoms with Crippen LogP contribution >= 0.6 is 0 Å². The number of hydrogen-bond donors (Lipinski definition) is 1. The first-order chi connectivity index (χ1) is 12.2. The van der Waals surface area contributed by atoms with Gasteiger partial charge in [0.1, 0.15) is 0 Å². The third-order valence-corrected chi connectivity index (χ3v) is 5.18. The van der Waals surface area contributed by atoms with E-state index in [1.165, 1.54) is 19.3 Å². The summed E-state index contributed by atoms with van der Waals surface area (Å²) in [7, 11) is 0. The molecule has 1 N–H and O–H groups in total. The van der Waals surface area contributed by atoms with Crippen molar-refractivity contribution in [3.05, 3.63) is 29.8 Å². The molecule has 2 aliphatic heterocycles. The van der Waals surface area contributed by atoms with Crippen molar-refractivity contribution in [1.82, 2.24) is 9.80 Å². The molecule has 0 unspecified atom stereocenters. The van der Waals surface area contributed by atoms with Crippen molar-refractivity contribution in [1.29, 1.82) is 0 Å². The molecule has 2 amide bonds. The summed E-state index contributed by atoms with van der Waals surface area (Å²) in [5, 5.41) is 3.20. The number of hydrogen-bond acceptors (Lipinski definition) is 3. The zero-order chi connectivity index (χ0) is 17.5. The van der Waals surface area contributed by atoms with E-state index >= 15 is 0 Å². The van der Waals surface area contributed by atoms with E-state index < -0.39 is 0 Å². The minimum absolute atomic E-state index is 0.112. The number of carbonyl (C=O) groups is 2. The average Bonchev–Trinajstić information content (AvgIpc) is 3.14. The van der Waals surface area contributed by atoms with Crippen molar-refractivity contribution in [3.8, 4) is 0 Å². The molecule has 0 bridgehead atoms. The van der Waals surface area contributed by atoms with Gasteiger partial charge in [0.15, 0.2) is 0 Å². The number of benzene rings is 1. The zero-order valence-electron chi connectivity index (χ0n) is 15.0. The van der Waals surface area contributed by atoms with Crippen LogP contribution < -0.4 is 5.32 Å². The van der Waals surface area contributed by atoms with Crippen LogP contribution in [0.4, 0.5) is 5.69 Å². The van der Waals surface area contributed by atoms with Gasteiger partial charge in [-0.15, -0.1) is 0 Å². The maximum absolute atomic E-state index is 12.4. The highest BCUT2D eigenvalue weighted by molar-refractivity contribution is 5.94. The standard InChI is InChI=1S/C20H29N3O2/c24-19(22-12-4-2-1-3-5-13-22)16-21-18-10-8-17(9-11-18)20(25)23-14-6-7-15-23/h8-11,21H,1-7,12-16H2. The van der Waals surface area contributed by atoms with Gasteiger partial charge in [0.25, 0.3) is 5.91 Å². The van der Waals surface area contributed by atoms with E-state index in [9.17, 15) is 9.59 Å². The first kappa shape index (κ1) is 17.8. The Morgan fingerprint density at radius 3 is 1.92 bits per heavy atom. The SMILES string of the molecule is O=C(CNc1ccc(C(=O)N2CCCC2)cc1)N1CCCCCCC1. The van der Waals surface area contributed by atoms with Crippen LogP contribution in [0.3, 0.4) is 0 Å². The number of nitrogens with one attached hydrogen (secondary N) is 1. The van der Waals surface area contributed by atoms with Crippen LogP contribution in [0.15, 0.2) is 24.3 Å². The molecule has 1 aromatic rings. The first-order valence-electron chi connectivity index (χ1n) is 9.65. The molecule has 2 saturated heterocycles. The van der Waals surface area contributed by atoms with Gasteiger partial charge < -0.3 is 15.1 Å². The van der Waals surface area contributed by atoms with Crippen LogP contribution in [0.2, 0.25) is 0 Å². The van der Waals surface area contributed by atoms with Crippen LogP contribution in [0.1, 0.15) is 55.3 Å². The lowest BCUT2D eigenvalue weighted by atomic mass is 10.1. The number of amides is 2. The number of nitrogens with zero attached hydrogens (tertiary/aromatic N) is 2. The third-order valence-electron chi connectivity index (χ3n) is 5.18. The summed E-state index contributed by atoms with van der Waals surface area (Å²) in [6.45, 7) is 3.80. The van der Waals surface area contributed by atoms with Crippen LogP contribution in [0.25, 0.3) is 0 Å². The molecule has 3 rings (SSSR count). The second kappa shape index (κ2) is 8.88. The maximum atomic E-state index is 12.4. The fourth-order valence-electron chi connectivity index (χ4n) is 3.62. The van der Waals surface area contributed by atoms with E-state index in [0.29, 0.717) is 6.54 Å². The monoisotopic (exact) mass is 343 g/mol. The molecule has 5 heteroatoms. The lowest BCUT2D eigenvalue weighted by Gasteiger charge is -2.25. The summed E-state index contributed by atoms with van der Waals surface area (Å²) in [5.74, 6) is 0.278. The van der Waals surface area contributed by atoms with E-state index in [4.69, 9.17) is 0 Å². The molecule has 1 aromatic carbocycles. The highest BCUT2D eigenvalue weighted by atomic mass is 16.2. The van der Waals surface area contributed by atoms with Gasteiger partial charge in [0.2, 0.25) is 5.91 Å². The van der Waals surface area contributed by atoms with Gasteiger partial charge in [0.05, 0.1) is 6.54 Å². The Bertz CT molecular complexity index is 571. The second-order valence-corrected chi connectivity index (χ2v) is 7.08. The topological polar surface area (TPSA) is 52.7 Å². The lowest BCUT2D eigenvalue weighted by molar-refractivity contribution is -0.129. The molecule has 136 valence electrons. The van der Waals surface area contributed by atoms with E-state index in [-0.39, 0.29) is 11.8 Å². The van der Waals surface area contributed by atoms with Crippen molar-refractivity contribution in [2.24, 2.45) is 0 Å². The first-order valence-corrected chi connectivity index (χ1v) is 9.65. The molecule has 0 aromatic heterocycles. The predicted molar refractivity (Wildman–Crippen MR) is 99.7 cm³/mol. The molecule has 0 radical (unpaired) electrons. The van der Waals surface area contributed by atoms with E-state index in [0.717, 1.165) is 63.1 Å². The summed E-state index contributed by atoms with van der Waals surface area (Å²) < 4.78 is 0. The van der Waals surface area contributed by atoms with Gasteiger partial charge in [-0.25, -0.2) is 0 Å². The van der Waals surface area contributed by atoms with Gasteiger partial charge in [-0.2, -0.15) is 0 Å². The largest absolute Gasteiger partial charge is 0.376 e. The van der Waals surface area contributed by atoms with Crippen molar-refractivity contribution < 1.29 is 9.59 Å². The Morgan fingerprint density at radius 2 is 1.28 bits per heavy atom. The third kappa shape index (κ3) is 4.97. The minimum Gasteiger partial charge on any atom is -0.376 e. The van der Waals surface area contributed by atoms with Gasteiger partial charge >= 0.3 is 0 Å². The Labute approximate surface area is 150 Å². The number of likely N-dealkylation sites (tertiary alicyclic amines) is 2. The molecule has 25 heavy (non-hydrogen) atoms. The molecule has 2 fully saturated rings. The van der Waals surface area contributed by atoms with Gasteiger partial charge in [-0.3, -0.25) is 9.59 Å². The molecule has 0 atom stereocenters. The Kier molecular flexibility index (Phi) is 6.31. The molecule has 2 aliphatic rings. The smallest absolute Gasteiger partial charge is 0.253 e. The molecule has 5 nitrogen and oxygen atoms in total. The molecule has 0 aliphatic carbocycles. The van der Waals surface area contributed by atoms with Crippen molar-refractivity contribution in [3.63, 3.8) is 0 Å². The maximum Gasteiger partial charge on any atom is 0.253 e. The number of rotatable bonds is 4. The fourth-order valence-corrected chi connectivity index (χ4v) is 3.62. The predicted octanol–water partition coefficient (Wildman–Crippen LogP) is 3.13. The van der Waals surface area contributed by atoms with Crippen LogP contribution in [0, 0.1) is 0 Å². The summed E-state index contributed by atoms with van der Waals surface area (Å²) in [4.78, 5) is 28.6. The number of anilines is 1. The molecule has 0 spiro atoms. The molecular weight excluding hydrogens is 314 g/mol. The average molecular weight is 343 g/mol. The number of carbonyl (C=O) groups excluding carboxylic acids is 2. The zero-order valence-corrected chi connectivity index (χ0v) is 15.0. The van der Waals surface area contributed by atoms with Crippen LogP contribution in [-0.4, -0.2) is 54.3 Å². The van der Waals surface area contributed by atoms with Gasteiger partial charge in [0, 0.05) is 37.4 Å². The van der Waals surface area contributed by atoms with Crippen LogP contribution in [-0.2, 0) is 4.79 Å². The van der Waals surface area contributed by atoms with E-state index in [1.807, 2.05) is 34.1 Å². The van der Waals surface area contributed by atoms with Crippen molar-refractivity contribution in [2.45, 2.75) is 44.9 Å². The van der Waals surface area contributed by atoms with Crippen molar-refractivity contribution >= 4 is 17.5 Å². The molecular formula is C20H29N3O2. The van der Waals surface area contributed by atoms with Crippen molar-refractivity contribution in [2.75, 3.05) is 38.0 Å². The van der Waals surface area contributed by atoms with E-state index in [2.05, 4.69) is 5.32 Å². The Balaban J connectivity index is 1.49. The van der Waals surface area contributed by atoms with Gasteiger partial charge in [-0.05, 0) is 49.9 Å². The normalized spacial score (nSPS) is 18.6. The van der Waals surface area contributed by atoms with Crippen LogP contribution in [0.5, 0.6) is 0 Å².